The second kappa shape index (κ2) is 7.82. The van der Waals surface area contributed by atoms with Crippen LogP contribution in [0.2, 0.25) is 0 Å². The number of carbonyl (C=O) groups excluding carboxylic acids is 1. The molecule has 0 unspecified atom stereocenters. The van der Waals surface area contributed by atoms with E-state index in [-0.39, 0.29) is 23.7 Å². The Bertz CT molecular complexity index is 416. The molecule has 0 saturated heterocycles. The molecule has 0 aromatic heterocycles. The van der Waals surface area contributed by atoms with Crippen molar-refractivity contribution < 1.29 is 24.6 Å². The predicted molar refractivity (Wildman–Crippen MR) is 73.4 cm³/mol. The summed E-state index contributed by atoms with van der Waals surface area (Å²) in [7, 11) is 0. The maximum absolute atomic E-state index is 11.7. The van der Waals surface area contributed by atoms with Gasteiger partial charge in [0.05, 0.1) is 6.42 Å². The van der Waals surface area contributed by atoms with E-state index in [1.54, 1.807) is 6.92 Å². The van der Waals surface area contributed by atoms with Gasteiger partial charge in [0.15, 0.2) is 0 Å². The van der Waals surface area contributed by atoms with E-state index < -0.39 is 18.4 Å². The Morgan fingerprint density at radius 3 is 2.05 bits per heavy atom. The summed E-state index contributed by atoms with van der Waals surface area (Å²) in [4.78, 5) is 33.9. The molecule has 0 amide bonds. The first-order chi connectivity index (χ1) is 9.45. The standard InChI is InChI=1S/C15H22O5/c1-2-11(16)8-12(10-6-4-3-5-7-10)13(15(19)20)9-14(17)18/h10H,2-9H2,1H3,(H,17,18)(H,19,20). The molecule has 1 rings (SSSR count). The molecule has 20 heavy (non-hydrogen) atoms. The zero-order valence-corrected chi connectivity index (χ0v) is 11.9. The summed E-state index contributed by atoms with van der Waals surface area (Å²) in [5.74, 6) is -2.36. The summed E-state index contributed by atoms with van der Waals surface area (Å²) in [6.07, 6.45) is 4.74. The number of hydrogen-bond donors (Lipinski definition) is 2. The lowest BCUT2D eigenvalue weighted by molar-refractivity contribution is -0.139. The van der Waals surface area contributed by atoms with Crippen LogP contribution in [-0.2, 0) is 14.4 Å². The highest BCUT2D eigenvalue weighted by atomic mass is 16.4. The molecule has 0 aliphatic heterocycles. The highest BCUT2D eigenvalue weighted by Gasteiger charge is 2.26. The first-order valence-corrected chi connectivity index (χ1v) is 7.14. The summed E-state index contributed by atoms with van der Waals surface area (Å²) in [5.41, 5.74) is 0.456. The van der Waals surface area contributed by atoms with Crippen LogP contribution >= 0.6 is 0 Å². The van der Waals surface area contributed by atoms with Gasteiger partial charge in [-0.25, -0.2) is 4.79 Å². The second-order valence-electron chi connectivity index (χ2n) is 5.28. The zero-order valence-electron chi connectivity index (χ0n) is 11.9. The molecule has 0 spiro atoms. The van der Waals surface area contributed by atoms with Gasteiger partial charge in [0.2, 0.25) is 0 Å². The SMILES string of the molecule is CCC(=O)CC(=C(CC(=O)O)C(=O)O)C1CCCCC1. The van der Waals surface area contributed by atoms with Crippen LogP contribution in [0.15, 0.2) is 11.1 Å². The molecular weight excluding hydrogens is 260 g/mol. The lowest BCUT2D eigenvalue weighted by Gasteiger charge is -2.26. The van der Waals surface area contributed by atoms with Gasteiger partial charge in [-0.05, 0) is 24.3 Å². The Hall–Kier alpha value is -1.65. The van der Waals surface area contributed by atoms with Gasteiger partial charge in [-0.2, -0.15) is 0 Å². The van der Waals surface area contributed by atoms with Crippen molar-refractivity contribution in [1.82, 2.24) is 0 Å². The van der Waals surface area contributed by atoms with E-state index in [4.69, 9.17) is 5.11 Å². The van der Waals surface area contributed by atoms with Crippen molar-refractivity contribution in [1.29, 1.82) is 0 Å². The maximum Gasteiger partial charge on any atom is 0.332 e. The van der Waals surface area contributed by atoms with E-state index in [0.717, 1.165) is 32.1 Å². The van der Waals surface area contributed by atoms with E-state index in [1.165, 1.54) is 0 Å². The van der Waals surface area contributed by atoms with E-state index in [2.05, 4.69) is 0 Å². The number of hydrogen-bond acceptors (Lipinski definition) is 3. The molecule has 1 aliphatic rings. The van der Waals surface area contributed by atoms with Crippen molar-refractivity contribution in [2.75, 3.05) is 0 Å². The number of rotatable bonds is 7. The number of aliphatic carboxylic acids is 2. The molecule has 0 aromatic rings. The molecule has 1 fully saturated rings. The Balaban J connectivity index is 3.11. The third-order valence-corrected chi connectivity index (χ3v) is 3.85. The first kappa shape index (κ1) is 16.4. The molecule has 0 aromatic carbocycles. The van der Waals surface area contributed by atoms with Gasteiger partial charge >= 0.3 is 11.9 Å². The third-order valence-electron chi connectivity index (χ3n) is 3.85. The van der Waals surface area contributed by atoms with Crippen LogP contribution in [0.4, 0.5) is 0 Å². The van der Waals surface area contributed by atoms with Crippen molar-refractivity contribution in [3.05, 3.63) is 11.1 Å². The van der Waals surface area contributed by atoms with Gasteiger partial charge < -0.3 is 10.2 Å². The molecule has 0 bridgehead atoms. The molecule has 112 valence electrons. The minimum absolute atomic E-state index is 0.0327. The molecule has 2 N–H and O–H groups in total. The topological polar surface area (TPSA) is 91.7 Å². The smallest absolute Gasteiger partial charge is 0.332 e. The van der Waals surface area contributed by atoms with Crippen LogP contribution in [-0.4, -0.2) is 27.9 Å². The number of ketones is 1. The molecule has 1 saturated carbocycles. The Morgan fingerprint density at radius 1 is 1.00 bits per heavy atom. The van der Waals surface area contributed by atoms with Crippen molar-refractivity contribution in [3.8, 4) is 0 Å². The second-order valence-corrected chi connectivity index (χ2v) is 5.28. The van der Waals surface area contributed by atoms with Gasteiger partial charge in [0.1, 0.15) is 5.78 Å². The van der Waals surface area contributed by atoms with Crippen LogP contribution in [0.25, 0.3) is 0 Å². The fraction of sp³-hybridized carbons (Fsp3) is 0.667. The predicted octanol–water partition coefficient (Wildman–Crippen LogP) is 2.79. The highest BCUT2D eigenvalue weighted by Crippen LogP contribution is 2.34. The van der Waals surface area contributed by atoms with Gasteiger partial charge in [-0.15, -0.1) is 0 Å². The van der Waals surface area contributed by atoms with Gasteiger partial charge in [0, 0.05) is 18.4 Å². The van der Waals surface area contributed by atoms with Crippen molar-refractivity contribution in [3.63, 3.8) is 0 Å². The number of carboxylic acids is 2. The molecule has 5 heteroatoms. The summed E-state index contributed by atoms with van der Waals surface area (Å²) in [6, 6.07) is 0. The Labute approximate surface area is 118 Å². The largest absolute Gasteiger partial charge is 0.481 e. The van der Waals surface area contributed by atoms with Gasteiger partial charge in [-0.1, -0.05) is 26.2 Å². The Kier molecular flexibility index (Phi) is 6.42. The van der Waals surface area contributed by atoms with Gasteiger partial charge in [0.25, 0.3) is 0 Å². The highest BCUT2D eigenvalue weighted by molar-refractivity contribution is 5.94. The van der Waals surface area contributed by atoms with Crippen molar-refractivity contribution in [2.45, 2.75) is 58.3 Å². The summed E-state index contributed by atoms with van der Waals surface area (Å²) in [6.45, 7) is 1.73. The van der Waals surface area contributed by atoms with Crippen molar-refractivity contribution in [2.24, 2.45) is 5.92 Å². The van der Waals surface area contributed by atoms with E-state index in [1.807, 2.05) is 0 Å². The fourth-order valence-electron chi connectivity index (χ4n) is 2.76. The summed E-state index contributed by atoms with van der Waals surface area (Å²) < 4.78 is 0. The summed E-state index contributed by atoms with van der Waals surface area (Å²) in [5, 5.41) is 18.2. The number of allylic oxidation sites excluding steroid dienone is 1. The first-order valence-electron chi connectivity index (χ1n) is 7.14. The minimum Gasteiger partial charge on any atom is -0.481 e. The summed E-state index contributed by atoms with van der Waals surface area (Å²) >= 11 is 0. The lowest BCUT2D eigenvalue weighted by atomic mass is 9.79. The van der Waals surface area contributed by atoms with Crippen LogP contribution in [0, 0.1) is 5.92 Å². The maximum atomic E-state index is 11.7. The molecule has 5 nitrogen and oxygen atoms in total. The fourth-order valence-corrected chi connectivity index (χ4v) is 2.76. The number of Topliss-reactive ketones (excluding diaryl/α,β-unsaturated/α-hetero) is 1. The average Bonchev–Trinajstić information content (AvgIpc) is 2.42. The third kappa shape index (κ3) is 4.79. The molecular formula is C15H22O5. The van der Waals surface area contributed by atoms with Crippen LogP contribution in [0.5, 0.6) is 0 Å². The lowest BCUT2D eigenvalue weighted by Crippen LogP contribution is -2.19. The molecule has 0 radical (unpaired) electrons. The minimum atomic E-state index is -1.21. The molecule has 0 heterocycles. The molecule has 1 aliphatic carbocycles. The number of carbonyl (C=O) groups is 3. The van der Waals surface area contributed by atoms with Crippen molar-refractivity contribution >= 4 is 17.7 Å². The van der Waals surface area contributed by atoms with Crippen LogP contribution in [0.1, 0.15) is 58.3 Å². The van der Waals surface area contributed by atoms with E-state index >= 15 is 0 Å². The Morgan fingerprint density at radius 2 is 1.60 bits per heavy atom. The average molecular weight is 282 g/mol. The van der Waals surface area contributed by atoms with Gasteiger partial charge in [-0.3, -0.25) is 9.59 Å². The van der Waals surface area contributed by atoms with E-state index in [0.29, 0.717) is 12.0 Å². The van der Waals surface area contributed by atoms with Crippen LogP contribution in [0.3, 0.4) is 0 Å². The normalized spacial score (nSPS) is 17.4. The zero-order chi connectivity index (χ0) is 15.1. The number of carboxylic acid groups (broad SMARTS) is 2. The van der Waals surface area contributed by atoms with Crippen LogP contribution < -0.4 is 0 Å². The molecule has 0 atom stereocenters. The quantitative estimate of drug-likeness (QED) is 0.700. The monoisotopic (exact) mass is 282 g/mol. The van der Waals surface area contributed by atoms with E-state index in [9.17, 15) is 19.5 Å².